The number of rotatable bonds is 5. The summed E-state index contributed by atoms with van der Waals surface area (Å²) in [6, 6.07) is 4.54. The standard InChI is InChI=1S/C18H21F2N7OS/c1-29(21,28)10-12-3-2-6-26(9-12)17-7-14(23-11-24-17)15-8-22-16-5-4-13(18(19)20)25-27(15)16/h4-5,7-8,11-12,18,21H,2-3,6,9-10H2,1H3. The van der Waals surface area contributed by atoms with Crippen LogP contribution < -0.4 is 4.90 Å². The van der Waals surface area contributed by atoms with Gasteiger partial charge in [0.15, 0.2) is 5.65 Å². The van der Waals surface area contributed by atoms with Gasteiger partial charge in [-0.05, 0) is 30.9 Å². The molecule has 154 valence electrons. The summed E-state index contributed by atoms with van der Waals surface area (Å²) in [5.74, 6) is 1.24. The third-order valence-electron chi connectivity index (χ3n) is 4.92. The van der Waals surface area contributed by atoms with Gasteiger partial charge in [-0.15, -0.1) is 0 Å². The van der Waals surface area contributed by atoms with Crippen molar-refractivity contribution in [3.05, 3.63) is 36.4 Å². The number of aromatic nitrogens is 5. The molecule has 8 nitrogen and oxygen atoms in total. The molecule has 2 unspecified atom stereocenters. The molecule has 1 saturated heterocycles. The van der Waals surface area contributed by atoms with E-state index < -0.39 is 16.2 Å². The van der Waals surface area contributed by atoms with Gasteiger partial charge in [-0.2, -0.15) is 5.10 Å². The maximum atomic E-state index is 13.0. The van der Waals surface area contributed by atoms with Gasteiger partial charge in [0, 0.05) is 40.9 Å². The van der Waals surface area contributed by atoms with Gasteiger partial charge in [0.05, 0.1) is 11.9 Å². The summed E-state index contributed by atoms with van der Waals surface area (Å²) in [7, 11) is -2.55. The largest absolute Gasteiger partial charge is 0.356 e. The average molecular weight is 421 g/mol. The first-order valence-corrected chi connectivity index (χ1v) is 11.4. The van der Waals surface area contributed by atoms with E-state index in [0.29, 0.717) is 35.2 Å². The Kier molecular flexibility index (Phi) is 5.15. The second-order valence-corrected chi connectivity index (χ2v) is 9.70. The van der Waals surface area contributed by atoms with Crippen LogP contribution in [0.1, 0.15) is 25.0 Å². The first-order chi connectivity index (χ1) is 13.8. The van der Waals surface area contributed by atoms with Crippen molar-refractivity contribution in [2.45, 2.75) is 19.3 Å². The van der Waals surface area contributed by atoms with Crippen LogP contribution >= 0.6 is 0 Å². The first-order valence-electron chi connectivity index (χ1n) is 9.22. The van der Waals surface area contributed by atoms with E-state index in [0.717, 1.165) is 19.4 Å². The number of anilines is 1. The molecule has 0 aliphatic carbocycles. The Morgan fingerprint density at radius 3 is 2.90 bits per heavy atom. The molecular weight excluding hydrogens is 400 g/mol. The maximum absolute atomic E-state index is 13.0. The second-order valence-electron chi connectivity index (χ2n) is 7.36. The molecule has 1 N–H and O–H groups in total. The van der Waals surface area contributed by atoms with Gasteiger partial charge in [-0.3, -0.25) is 8.99 Å². The van der Waals surface area contributed by atoms with Gasteiger partial charge in [-0.1, -0.05) is 0 Å². The van der Waals surface area contributed by atoms with E-state index in [1.54, 1.807) is 12.3 Å². The third-order valence-corrected chi connectivity index (χ3v) is 6.03. The van der Waals surface area contributed by atoms with Crippen LogP contribution in [0.15, 0.2) is 30.7 Å². The highest BCUT2D eigenvalue weighted by Crippen LogP contribution is 2.26. The van der Waals surface area contributed by atoms with Gasteiger partial charge in [0.1, 0.15) is 23.5 Å². The Morgan fingerprint density at radius 1 is 1.31 bits per heavy atom. The highest BCUT2D eigenvalue weighted by molar-refractivity contribution is 7.91. The van der Waals surface area contributed by atoms with Crippen LogP contribution in [0.3, 0.4) is 0 Å². The Bertz CT molecular complexity index is 1130. The van der Waals surface area contributed by atoms with Crippen LogP contribution in [-0.2, 0) is 9.73 Å². The van der Waals surface area contributed by atoms with E-state index in [1.807, 2.05) is 0 Å². The second kappa shape index (κ2) is 7.62. The van der Waals surface area contributed by atoms with E-state index in [4.69, 9.17) is 4.78 Å². The molecule has 3 aromatic heterocycles. The minimum Gasteiger partial charge on any atom is -0.356 e. The Labute approximate surface area is 167 Å². The molecule has 29 heavy (non-hydrogen) atoms. The topological polar surface area (TPSA) is 100 Å². The summed E-state index contributed by atoms with van der Waals surface area (Å²) in [6.45, 7) is 1.47. The Balaban J connectivity index is 1.64. The van der Waals surface area contributed by atoms with Crippen molar-refractivity contribution >= 4 is 21.2 Å². The monoisotopic (exact) mass is 421 g/mol. The highest BCUT2D eigenvalue weighted by Gasteiger charge is 2.24. The highest BCUT2D eigenvalue weighted by atomic mass is 32.2. The van der Waals surface area contributed by atoms with Crippen LogP contribution in [0.4, 0.5) is 14.6 Å². The van der Waals surface area contributed by atoms with Crippen molar-refractivity contribution in [3.8, 4) is 11.4 Å². The van der Waals surface area contributed by atoms with Crippen molar-refractivity contribution in [3.63, 3.8) is 0 Å². The molecule has 4 heterocycles. The van der Waals surface area contributed by atoms with E-state index in [9.17, 15) is 13.0 Å². The van der Waals surface area contributed by atoms with Gasteiger partial charge in [0.25, 0.3) is 6.43 Å². The lowest BCUT2D eigenvalue weighted by Crippen LogP contribution is -2.38. The zero-order valence-electron chi connectivity index (χ0n) is 15.8. The van der Waals surface area contributed by atoms with Crippen molar-refractivity contribution in [1.82, 2.24) is 24.6 Å². The number of nitrogens with zero attached hydrogens (tertiary/aromatic N) is 6. The SMILES string of the molecule is CS(=N)(=O)CC1CCCN(c2cc(-c3cnc4ccc(C(F)F)nn34)ncn2)C1. The average Bonchev–Trinajstić information content (AvgIpc) is 3.10. The molecule has 0 spiro atoms. The fourth-order valence-corrected chi connectivity index (χ4v) is 4.87. The molecule has 0 saturated carbocycles. The molecule has 11 heteroatoms. The zero-order chi connectivity index (χ0) is 20.6. The molecule has 0 aromatic carbocycles. The summed E-state index contributed by atoms with van der Waals surface area (Å²) in [6.07, 6.45) is 3.64. The Morgan fingerprint density at radius 2 is 2.14 bits per heavy atom. The van der Waals surface area contributed by atoms with E-state index in [-0.39, 0.29) is 11.6 Å². The van der Waals surface area contributed by atoms with Gasteiger partial charge in [0.2, 0.25) is 0 Å². The Hall–Kier alpha value is -2.69. The lowest BCUT2D eigenvalue weighted by Gasteiger charge is -2.33. The lowest BCUT2D eigenvalue weighted by atomic mass is 10.00. The van der Waals surface area contributed by atoms with Crippen molar-refractivity contribution in [2.24, 2.45) is 5.92 Å². The lowest BCUT2D eigenvalue weighted by molar-refractivity contribution is 0.144. The summed E-state index contributed by atoms with van der Waals surface area (Å²) in [5.41, 5.74) is 1.16. The zero-order valence-corrected chi connectivity index (χ0v) is 16.6. The first kappa shape index (κ1) is 19.6. The van der Waals surface area contributed by atoms with Crippen molar-refractivity contribution in [2.75, 3.05) is 30.0 Å². The number of halogens is 2. The predicted molar refractivity (Wildman–Crippen MR) is 106 cm³/mol. The van der Waals surface area contributed by atoms with Crippen LogP contribution in [0.5, 0.6) is 0 Å². The van der Waals surface area contributed by atoms with Crippen LogP contribution in [0.2, 0.25) is 0 Å². The van der Waals surface area contributed by atoms with Crippen molar-refractivity contribution in [1.29, 1.82) is 4.78 Å². The molecule has 0 radical (unpaired) electrons. The van der Waals surface area contributed by atoms with Gasteiger partial charge >= 0.3 is 0 Å². The van der Waals surface area contributed by atoms with E-state index in [2.05, 4.69) is 25.0 Å². The van der Waals surface area contributed by atoms with E-state index in [1.165, 1.54) is 29.2 Å². The molecule has 1 aliphatic rings. The smallest absolute Gasteiger partial charge is 0.282 e. The fraction of sp³-hybridized carbons (Fsp3) is 0.444. The summed E-state index contributed by atoms with van der Waals surface area (Å²) in [5, 5.41) is 3.98. The van der Waals surface area contributed by atoms with Crippen LogP contribution in [0.25, 0.3) is 17.0 Å². The number of nitrogens with one attached hydrogen (secondary N) is 1. The molecule has 1 fully saturated rings. The molecule has 0 amide bonds. The summed E-state index contributed by atoms with van der Waals surface area (Å²) >= 11 is 0. The third kappa shape index (κ3) is 4.34. The minimum atomic E-state index is -2.67. The molecule has 4 rings (SSSR count). The molecule has 2 atom stereocenters. The summed E-state index contributed by atoms with van der Waals surface area (Å²) < 4.78 is 47.0. The fourth-order valence-electron chi connectivity index (χ4n) is 3.70. The van der Waals surface area contributed by atoms with Crippen LogP contribution in [-0.4, -0.2) is 53.9 Å². The predicted octanol–water partition coefficient (Wildman–Crippen LogP) is 3.02. The normalized spacial score (nSPS) is 19.6. The van der Waals surface area contributed by atoms with Gasteiger partial charge in [-0.25, -0.2) is 28.2 Å². The molecule has 1 aliphatic heterocycles. The minimum absolute atomic E-state index is 0.170. The van der Waals surface area contributed by atoms with Gasteiger partial charge < -0.3 is 4.90 Å². The van der Waals surface area contributed by atoms with Crippen LogP contribution in [0, 0.1) is 10.7 Å². The summed E-state index contributed by atoms with van der Waals surface area (Å²) in [4.78, 5) is 14.9. The number of fused-ring (bicyclic) bond motifs is 1. The molecule has 0 bridgehead atoms. The molecular formula is C18H21F2N7OS. The maximum Gasteiger partial charge on any atom is 0.282 e. The number of alkyl halides is 2. The number of hydrogen-bond donors (Lipinski definition) is 1. The van der Waals surface area contributed by atoms with Crippen molar-refractivity contribution < 1.29 is 13.0 Å². The quantitative estimate of drug-likeness (QED) is 0.680. The number of hydrogen-bond acceptors (Lipinski definition) is 7. The van der Waals surface area contributed by atoms with E-state index >= 15 is 0 Å². The number of piperidine rings is 1. The molecule has 3 aromatic rings. The number of imidazole rings is 1.